The van der Waals surface area contributed by atoms with Gasteiger partial charge in [0.15, 0.2) is 0 Å². The molecule has 4 nitrogen and oxygen atoms in total. The minimum absolute atomic E-state index is 0.150. The normalized spacial score (nSPS) is 20.4. The van der Waals surface area contributed by atoms with Crippen LogP contribution in [0.5, 0.6) is 5.75 Å². The summed E-state index contributed by atoms with van der Waals surface area (Å²) < 4.78 is 40.3. The first kappa shape index (κ1) is 18.3. The number of nitrogens with one attached hydrogen (secondary N) is 2. The molecular formula is C19H19F3N2O2. The second-order valence-electron chi connectivity index (χ2n) is 6.26. The largest absolute Gasteiger partial charge is 0.573 e. The van der Waals surface area contributed by atoms with Crippen LogP contribution in [0.3, 0.4) is 0 Å². The molecule has 1 fully saturated rings. The molecule has 26 heavy (non-hydrogen) atoms. The van der Waals surface area contributed by atoms with E-state index in [1.165, 1.54) is 29.8 Å². The molecule has 2 atom stereocenters. The van der Waals surface area contributed by atoms with Crippen molar-refractivity contribution in [3.05, 3.63) is 60.2 Å². The van der Waals surface area contributed by atoms with Crippen molar-refractivity contribution in [3.63, 3.8) is 0 Å². The molecule has 7 heteroatoms. The van der Waals surface area contributed by atoms with E-state index in [4.69, 9.17) is 0 Å². The van der Waals surface area contributed by atoms with Crippen LogP contribution in [0.2, 0.25) is 0 Å². The summed E-state index contributed by atoms with van der Waals surface area (Å²) in [4.78, 5) is 12.5. The number of hydrogen-bond acceptors (Lipinski definition) is 3. The lowest BCUT2D eigenvalue weighted by molar-refractivity contribution is -0.274. The summed E-state index contributed by atoms with van der Waals surface area (Å²) in [5.41, 5.74) is 1.62. The molecule has 0 radical (unpaired) electrons. The Hall–Kier alpha value is -2.54. The number of amides is 1. The molecule has 138 valence electrons. The highest BCUT2D eigenvalue weighted by Crippen LogP contribution is 2.28. The molecule has 0 aromatic heterocycles. The monoisotopic (exact) mass is 364 g/mol. The van der Waals surface area contributed by atoms with E-state index in [2.05, 4.69) is 15.4 Å². The van der Waals surface area contributed by atoms with E-state index in [-0.39, 0.29) is 23.5 Å². The van der Waals surface area contributed by atoms with Crippen LogP contribution in [-0.4, -0.2) is 25.4 Å². The lowest BCUT2D eigenvalue weighted by Gasteiger charge is -2.29. The van der Waals surface area contributed by atoms with Gasteiger partial charge in [-0.25, -0.2) is 0 Å². The number of carbonyl (C=O) groups excluding carboxylic acids is 1. The molecule has 2 aromatic rings. The molecule has 2 aromatic carbocycles. The topological polar surface area (TPSA) is 50.4 Å². The first-order valence-electron chi connectivity index (χ1n) is 8.33. The van der Waals surface area contributed by atoms with Crippen LogP contribution in [0.15, 0.2) is 54.6 Å². The number of piperidine rings is 1. The third-order valence-electron chi connectivity index (χ3n) is 4.35. The summed E-state index contributed by atoms with van der Waals surface area (Å²) in [5.74, 6) is -0.426. The molecule has 0 unspecified atom stereocenters. The zero-order chi connectivity index (χ0) is 18.6. The van der Waals surface area contributed by atoms with Crippen LogP contribution in [0.25, 0.3) is 0 Å². The first-order valence-corrected chi connectivity index (χ1v) is 8.33. The van der Waals surface area contributed by atoms with Crippen LogP contribution in [0.4, 0.5) is 18.9 Å². The van der Waals surface area contributed by atoms with Crippen molar-refractivity contribution in [2.45, 2.75) is 18.7 Å². The molecule has 1 aliphatic heterocycles. The van der Waals surface area contributed by atoms with Crippen LogP contribution in [0, 0.1) is 5.92 Å². The van der Waals surface area contributed by atoms with Crippen molar-refractivity contribution in [2.24, 2.45) is 5.92 Å². The van der Waals surface area contributed by atoms with Gasteiger partial charge in [-0.3, -0.25) is 4.79 Å². The van der Waals surface area contributed by atoms with Gasteiger partial charge >= 0.3 is 6.36 Å². The molecule has 0 spiro atoms. The maximum Gasteiger partial charge on any atom is 0.573 e. The first-order chi connectivity index (χ1) is 12.4. The van der Waals surface area contributed by atoms with E-state index in [0.717, 1.165) is 13.0 Å². The minimum Gasteiger partial charge on any atom is -0.406 e. The maximum absolute atomic E-state index is 12.5. The van der Waals surface area contributed by atoms with Crippen molar-refractivity contribution in [1.29, 1.82) is 0 Å². The van der Waals surface area contributed by atoms with Crippen LogP contribution >= 0.6 is 0 Å². The number of rotatable bonds is 4. The molecule has 0 aliphatic carbocycles. The van der Waals surface area contributed by atoms with Gasteiger partial charge in [0.1, 0.15) is 5.75 Å². The predicted molar refractivity (Wildman–Crippen MR) is 91.9 cm³/mol. The van der Waals surface area contributed by atoms with Gasteiger partial charge in [-0.2, -0.15) is 0 Å². The molecule has 1 heterocycles. The van der Waals surface area contributed by atoms with Gasteiger partial charge in [0.25, 0.3) is 0 Å². The fourth-order valence-electron chi connectivity index (χ4n) is 3.11. The third-order valence-corrected chi connectivity index (χ3v) is 4.35. The molecule has 2 N–H and O–H groups in total. The highest BCUT2D eigenvalue weighted by Gasteiger charge is 2.31. The predicted octanol–water partition coefficient (Wildman–Crippen LogP) is 3.92. The number of halogens is 3. The Morgan fingerprint density at radius 3 is 2.38 bits per heavy atom. The van der Waals surface area contributed by atoms with E-state index in [1.807, 2.05) is 30.3 Å². The number of ether oxygens (including phenoxy) is 1. The van der Waals surface area contributed by atoms with Crippen LogP contribution in [0.1, 0.15) is 17.9 Å². The number of benzene rings is 2. The van der Waals surface area contributed by atoms with Gasteiger partial charge in [0.05, 0.1) is 5.92 Å². The Balaban J connectivity index is 1.59. The molecule has 0 saturated carbocycles. The Bertz CT molecular complexity index is 733. The van der Waals surface area contributed by atoms with Gasteiger partial charge in [0.2, 0.25) is 5.91 Å². The number of carbonyl (C=O) groups is 1. The second-order valence-corrected chi connectivity index (χ2v) is 6.26. The van der Waals surface area contributed by atoms with Gasteiger partial charge in [-0.15, -0.1) is 13.2 Å². The summed E-state index contributed by atoms with van der Waals surface area (Å²) in [6, 6.07) is 15.1. The summed E-state index contributed by atoms with van der Waals surface area (Å²) in [6.07, 6.45) is -4.01. The number of anilines is 1. The zero-order valence-electron chi connectivity index (χ0n) is 13.9. The Kier molecular flexibility index (Phi) is 5.46. The fourth-order valence-corrected chi connectivity index (χ4v) is 3.11. The van der Waals surface area contributed by atoms with E-state index < -0.39 is 6.36 Å². The Morgan fingerprint density at radius 1 is 1.04 bits per heavy atom. The highest BCUT2D eigenvalue weighted by atomic mass is 19.4. The molecule has 1 saturated heterocycles. The van der Waals surface area contributed by atoms with Crippen molar-refractivity contribution in [3.8, 4) is 5.75 Å². The van der Waals surface area contributed by atoms with Gasteiger partial charge in [-0.1, -0.05) is 30.3 Å². The standard InChI is InChI=1S/C19H19F3N2O2/c20-19(21,22)26-17-8-6-16(7-9-17)24-18(25)15-10-14(11-23-12-15)13-4-2-1-3-5-13/h1-9,14-15,23H,10-12H2,(H,24,25)/t14-,15-/m0/s1. The lowest BCUT2D eigenvalue weighted by Crippen LogP contribution is -2.40. The second kappa shape index (κ2) is 7.78. The molecule has 0 bridgehead atoms. The minimum atomic E-state index is -4.73. The lowest BCUT2D eigenvalue weighted by atomic mass is 9.85. The summed E-state index contributed by atoms with van der Waals surface area (Å²) in [6.45, 7) is 1.39. The average Bonchev–Trinajstić information content (AvgIpc) is 2.63. The van der Waals surface area contributed by atoms with E-state index in [0.29, 0.717) is 12.2 Å². The molecule has 1 aliphatic rings. The van der Waals surface area contributed by atoms with E-state index >= 15 is 0 Å². The number of hydrogen-bond donors (Lipinski definition) is 2. The van der Waals surface area contributed by atoms with Crippen molar-refractivity contribution in [1.82, 2.24) is 5.32 Å². The fraction of sp³-hybridized carbons (Fsp3) is 0.316. The molecule has 1 amide bonds. The van der Waals surface area contributed by atoms with Crippen molar-refractivity contribution in [2.75, 3.05) is 18.4 Å². The number of alkyl halides is 3. The quantitative estimate of drug-likeness (QED) is 0.865. The Labute approximate surface area is 149 Å². The average molecular weight is 364 g/mol. The van der Waals surface area contributed by atoms with Crippen LogP contribution in [-0.2, 0) is 4.79 Å². The van der Waals surface area contributed by atoms with E-state index in [1.54, 1.807) is 0 Å². The van der Waals surface area contributed by atoms with E-state index in [9.17, 15) is 18.0 Å². The van der Waals surface area contributed by atoms with Crippen molar-refractivity contribution < 1.29 is 22.7 Å². The highest BCUT2D eigenvalue weighted by molar-refractivity contribution is 5.92. The molecular weight excluding hydrogens is 345 g/mol. The summed E-state index contributed by atoms with van der Waals surface area (Å²) >= 11 is 0. The zero-order valence-corrected chi connectivity index (χ0v) is 13.9. The van der Waals surface area contributed by atoms with Crippen LogP contribution < -0.4 is 15.4 Å². The third kappa shape index (κ3) is 4.98. The van der Waals surface area contributed by atoms with Gasteiger partial charge < -0.3 is 15.4 Å². The Morgan fingerprint density at radius 2 is 1.73 bits per heavy atom. The maximum atomic E-state index is 12.5. The summed E-state index contributed by atoms with van der Waals surface area (Å²) in [5, 5.41) is 6.04. The smallest absolute Gasteiger partial charge is 0.406 e. The van der Waals surface area contributed by atoms with Gasteiger partial charge in [-0.05, 0) is 42.2 Å². The molecule has 3 rings (SSSR count). The SMILES string of the molecule is O=C(Nc1ccc(OC(F)(F)F)cc1)[C@@H]1CNC[C@@H](c2ccccc2)C1. The van der Waals surface area contributed by atoms with Crippen molar-refractivity contribution >= 4 is 11.6 Å². The van der Waals surface area contributed by atoms with Gasteiger partial charge in [0, 0.05) is 18.8 Å². The summed E-state index contributed by atoms with van der Waals surface area (Å²) in [7, 11) is 0.